The Morgan fingerprint density at radius 2 is 2.37 bits per heavy atom. The zero-order valence-corrected chi connectivity index (χ0v) is 11.0. The average Bonchev–Trinajstić information content (AvgIpc) is 3.00. The van der Waals surface area contributed by atoms with Crippen molar-refractivity contribution >= 4 is 5.91 Å². The number of carbonyl (C=O) groups excluding carboxylic acids is 1. The van der Waals surface area contributed by atoms with Gasteiger partial charge in [0.15, 0.2) is 0 Å². The van der Waals surface area contributed by atoms with Crippen LogP contribution < -0.4 is 0 Å². The molecule has 0 spiro atoms. The summed E-state index contributed by atoms with van der Waals surface area (Å²) in [6.07, 6.45) is 5.83. The molecule has 2 aromatic rings. The van der Waals surface area contributed by atoms with Crippen molar-refractivity contribution in [3.63, 3.8) is 0 Å². The van der Waals surface area contributed by atoms with E-state index in [1.807, 2.05) is 17.8 Å². The maximum Gasteiger partial charge on any atom is 0.293 e. The molecule has 1 aliphatic carbocycles. The standard InChI is InChI=1S/C12H16N6O/c1-17-6-5-13-9(17)7-18(2)12(19)11-14-10(15-16-11)8-3-4-8/h5-6,8H,3-4,7H2,1-2H3,(H,14,15,16). The Morgan fingerprint density at radius 3 is 3.00 bits per heavy atom. The zero-order chi connectivity index (χ0) is 13.4. The Kier molecular flexibility index (Phi) is 2.81. The van der Waals surface area contributed by atoms with Crippen molar-refractivity contribution in [2.45, 2.75) is 25.3 Å². The Bertz CT molecular complexity index is 597. The van der Waals surface area contributed by atoms with E-state index in [2.05, 4.69) is 20.2 Å². The van der Waals surface area contributed by atoms with Gasteiger partial charge in [-0.05, 0) is 12.8 Å². The van der Waals surface area contributed by atoms with Gasteiger partial charge in [-0.1, -0.05) is 0 Å². The molecule has 7 heteroatoms. The first kappa shape index (κ1) is 11.9. The van der Waals surface area contributed by atoms with Crippen molar-refractivity contribution in [1.29, 1.82) is 0 Å². The van der Waals surface area contributed by atoms with Crippen molar-refractivity contribution in [1.82, 2.24) is 29.6 Å². The summed E-state index contributed by atoms with van der Waals surface area (Å²) in [6.45, 7) is 0.440. The first-order valence-corrected chi connectivity index (χ1v) is 6.29. The molecule has 0 aromatic carbocycles. The lowest BCUT2D eigenvalue weighted by Crippen LogP contribution is -2.28. The van der Waals surface area contributed by atoms with Gasteiger partial charge in [0, 0.05) is 32.4 Å². The Morgan fingerprint density at radius 1 is 1.58 bits per heavy atom. The first-order chi connectivity index (χ1) is 9.15. The number of aryl methyl sites for hydroxylation is 1. The average molecular weight is 260 g/mol. The predicted molar refractivity (Wildman–Crippen MR) is 67.4 cm³/mol. The molecule has 0 atom stereocenters. The summed E-state index contributed by atoms with van der Waals surface area (Å²) in [5.74, 6) is 2.17. The first-order valence-electron chi connectivity index (χ1n) is 6.29. The molecule has 7 nitrogen and oxygen atoms in total. The Hall–Kier alpha value is -2.18. The molecular weight excluding hydrogens is 244 g/mol. The SMILES string of the molecule is CN(Cc1nccn1C)C(=O)c1n[nH]c(C2CC2)n1. The van der Waals surface area contributed by atoms with Gasteiger partial charge in [-0.15, -0.1) is 5.10 Å². The molecule has 0 unspecified atom stereocenters. The Balaban J connectivity index is 1.69. The smallest absolute Gasteiger partial charge is 0.293 e. The molecule has 1 fully saturated rings. The summed E-state index contributed by atoms with van der Waals surface area (Å²) < 4.78 is 1.89. The number of rotatable bonds is 4. The molecule has 0 aliphatic heterocycles. The van der Waals surface area contributed by atoms with E-state index in [1.165, 1.54) is 0 Å². The topological polar surface area (TPSA) is 79.7 Å². The van der Waals surface area contributed by atoms with E-state index in [-0.39, 0.29) is 11.7 Å². The summed E-state index contributed by atoms with van der Waals surface area (Å²) in [5, 5.41) is 6.84. The summed E-state index contributed by atoms with van der Waals surface area (Å²) in [5.41, 5.74) is 0. The highest BCUT2D eigenvalue weighted by Crippen LogP contribution is 2.37. The van der Waals surface area contributed by atoms with E-state index in [1.54, 1.807) is 18.1 Å². The third-order valence-corrected chi connectivity index (χ3v) is 3.30. The number of nitrogens with one attached hydrogen (secondary N) is 1. The van der Waals surface area contributed by atoms with E-state index in [9.17, 15) is 4.79 Å². The number of aromatic nitrogens is 5. The second-order valence-corrected chi connectivity index (χ2v) is 4.93. The van der Waals surface area contributed by atoms with Gasteiger partial charge < -0.3 is 9.47 Å². The van der Waals surface area contributed by atoms with Crippen molar-refractivity contribution in [3.05, 3.63) is 29.9 Å². The van der Waals surface area contributed by atoms with Crippen LogP contribution in [0.2, 0.25) is 0 Å². The number of carbonyl (C=O) groups is 1. The summed E-state index contributed by atoms with van der Waals surface area (Å²) >= 11 is 0. The lowest BCUT2D eigenvalue weighted by molar-refractivity contribution is 0.0769. The molecular formula is C12H16N6O. The van der Waals surface area contributed by atoms with Gasteiger partial charge in [-0.3, -0.25) is 9.89 Å². The second kappa shape index (κ2) is 4.49. The van der Waals surface area contributed by atoms with Crippen LogP contribution in [0.4, 0.5) is 0 Å². The number of H-pyrrole nitrogens is 1. The van der Waals surface area contributed by atoms with Crippen molar-refractivity contribution in [3.8, 4) is 0 Å². The summed E-state index contributed by atoms with van der Waals surface area (Å²) in [4.78, 5) is 22.2. The third-order valence-electron chi connectivity index (χ3n) is 3.30. The fourth-order valence-electron chi connectivity index (χ4n) is 1.91. The third kappa shape index (κ3) is 2.35. The van der Waals surface area contributed by atoms with Gasteiger partial charge in [0.25, 0.3) is 5.91 Å². The van der Waals surface area contributed by atoms with Gasteiger partial charge in [0.1, 0.15) is 11.6 Å². The van der Waals surface area contributed by atoms with Crippen LogP contribution >= 0.6 is 0 Å². The maximum absolute atomic E-state index is 12.2. The van der Waals surface area contributed by atoms with Crippen molar-refractivity contribution in [2.75, 3.05) is 7.05 Å². The normalized spacial score (nSPS) is 14.6. The fourth-order valence-corrected chi connectivity index (χ4v) is 1.91. The highest BCUT2D eigenvalue weighted by atomic mass is 16.2. The molecule has 0 bridgehead atoms. The lowest BCUT2D eigenvalue weighted by Gasteiger charge is -2.14. The number of hydrogen-bond donors (Lipinski definition) is 1. The largest absolute Gasteiger partial charge is 0.337 e. The Labute approximate surface area is 110 Å². The molecule has 1 aliphatic rings. The van der Waals surface area contributed by atoms with Crippen molar-refractivity contribution < 1.29 is 4.79 Å². The highest BCUT2D eigenvalue weighted by Gasteiger charge is 2.28. The summed E-state index contributed by atoms with van der Waals surface area (Å²) in [7, 11) is 3.63. The van der Waals surface area contributed by atoms with Crippen LogP contribution in [-0.4, -0.2) is 42.6 Å². The zero-order valence-electron chi connectivity index (χ0n) is 11.0. The van der Waals surface area contributed by atoms with Crippen LogP contribution in [0.3, 0.4) is 0 Å². The van der Waals surface area contributed by atoms with Gasteiger partial charge in [-0.2, -0.15) is 0 Å². The fraction of sp³-hybridized carbons (Fsp3) is 0.500. The number of nitrogens with zero attached hydrogens (tertiary/aromatic N) is 5. The number of amides is 1. The van der Waals surface area contributed by atoms with Crippen LogP contribution in [0.25, 0.3) is 0 Å². The van der Waals surface area contributed by atoms with Crippen LogP contribution in [0, 0.1) is 0 Å². The van der Waals surface area contributed by atoms with Gasteiger partial charge in [0.05, 0.1) is 6.54 Å². The summed E-state index contributed by atoms with van der Waals surface area (Å²) in [6, 6.07) is 0. The van der Waals surface area contributed by atoms with E-state index in [0.717, 1.165) is 24.5 Å². The monoisotopic (exact) mass is 260 g/mol. The predicted octanol–water partition coefficient (Wildman–Crippen LogP) is 0.688. The van der Waals surface area contributed by atoms with E-state index < -0.39 is 0 Å². The number of imidazole rings is 1. The van der Waals surface area contributed by atoms with Crippen LogP contribution in [-0.2, 0) is 13.6 Å². The highest BCUT2D eigenvalue weighted by molar-refractivity contribution is 5.90. The molecule has 2 heterocycles. The molecule has 0 radical (unpaired) electrons. The molecule has 2 aromatic heterocycles. The second-order valence-electron chi connectivity index (χ2n) is 4.93. The molecule has 1 N–H and O–H groups in total. The number of aromatic amines is 1. The minimum absolute atomic E-state index is 0.189. The van der Waals surface area contributed by atoms with Gasteiger partial charge in [-0.25, -0.2) is 9.97 Å². The maximum atomic E-state index is 12.2. The molecule has 100 valence electrons. The van der Waals surface area contributed by atoms with Crippen LogP contribution in [0.15, 0.2) is 12.4 Å². The minimum Gasteiger partial charge on any atom is -0.337 e. The minimum atomic E-state index is -0.189. The van der Waals surface area contributed by atoms with E-state index in [4.69, 9.17) is 0 Å². The van der Waals surface area contributed by atoms with E-state index in [0.29, 0.717) is 12.5 Å². The molecule has 1 saturated carbocycles. The number of hydrogen-bond acceptors (Lipinski definition) is 4. The molecule has 1 amide bonds. The molecule has 0 saturated heterocycles. The van der Waals surface area contributed by atoms with Crippen molar-refractivity contribution in [2.24, 2.45) is 7.05 Å². The molecule has 19 heavy (non-hydrogen) atoms. The van der Waals surface area contributed by atoms with E-state index >= 15 is 0 Å². The quantitative estimate of drug-likeness (QED) is 0.877. The van der Waals surface area contributed by atoms with Gasteiger partial charge >= 0.3 is 0 Å². The van der Waals surface area contributed by atoms with Gasteiger partial charge in [0.2, 0.25) is 5.82 Å². The lowest BCUT2D eigenvalue weighted by atomic mass is 10.4. The van der Waals surface area contributed by atoms with Crippen LogP contribution in [0.1, 0.15) is 41.0 Å². The molecule has 3 rings (SSSR count). The van der Waals surface area contributed by atoms with Crippen LogP contribution in [0.5, 0.6) is 0 Å².